The molecule has 30 heavy (non-hydrogen) atoms. The van der Waals surface area contributed by atoms with Crippen LogP contribution in [0.1, 0.15) is 5.56 Å². The molecule has 1 aromatic heterocycles. The van der Waals surface area contributed by atoms with Crippen molar-refractivity contribution < 1.29 is 22.9 Å². The average Bonchev–Trinajstić information content (AvgIpc) is 2.69. The number of alkyl halides is 3. The number of amides is 1. The Bertz CT molecular complexity index is 1140. The number of nitro benzene ring substituents is 1. The summed E-state index contributed by atoms with van der Waals surface area (Å²) in [5, 5.41) is 17.2. The van der Waals surface area contributed by atoms with E-state index in [2.05, 4.69) is 10.4 Å². The van der Waals surface area contributed by atoms with Crippen molar-refractivity contribution in [2.24, 2.45) is 0 Å². The Morgan fingerprint density at radius 3 is 2.23 bits per heavy atom. The number of hydrogen-bond acceptors (Lipinski definition) is 5. The van der Waals surface area contributed by atoms with Gasteiger partial charge in [-0.15, -0.1) is 0 Å². The number of carbonyl (C=O) groups excluding carboxylic acids is 1. The van der Waals surface area contributed by atoms with Crippen LogP contribution in [0.5, 0.6) is 0 Å². The van der Waals surface area contributed by atoms with E-state index in [0.29, 0.717) is 11.3 Å². The van der Waals surface area contributed by atoms with E-state index in [1.165, 1.54) is 36.4 Å². The van der Waals surface area contributed by atoms with Crippen LogP contribution in [-0.4, -0.2) is 20.6 Å². The normalized spacial score (nSPS) is 11.2. The van der Waals surface area contributed by atoms with Crippen molar-refractivity contribution in [3.63, 3.8) is 0 Å². The molecule has 2 aromatic carbocycles. The van der Waals surface area contributed by atoms with Gasteiger partial charge in [-0.1, -0.05) is 0 Å². The summed E-state index contributed by atoms with van der Waals surface area (Å²) in [6.45, 7) is -0.472. The molecule has 154 valence electrons. The molecule has 0 radical (unpaired) electrons. The molecule has 0 saturated carbocycles. The first-order valence-corrected chi connectivity index (χ1v) is 8.43. The number of aromatic nitrogens is 2. The lowest BCUT2D eigenvalue weighted by molar-refractivity contribution is -0.384. The van der Waals surface area contributed by atoms with Crippen LogP contribution in [0.3, 0.4) is 0 Å². The van der Waals surface area contributed by atoms with Crippen molar-refractivity contribution in [2.45, 2.75) is 12.7 Å². The number of benzene rings is 2. The first kappa shape index (κ1) is 20.7. The topological polar surface area (TPSA) is 107 Å². The molecule has 1 N–H and O–H groups in total. The van der Waals surface area contributed by atoms with E-state index in [9.17, 15) is 32.9 Å². The summed E-state index contributed by atoms with van der Waals surface area (Å²) in [5.74, 6) is -0.662. The maximum Gasteiger partial charge on any atom is 0.416 e. The Morgan fingerprint density at radius 1 is 1.03 bits per heavy atom. The maximum absolute atomic E-state index is 12.6. The van der Waals surface area contributed by atoms with Gasteiger partial charge in [0.15, 0.2) is 0 Å². The fourth-order valence-electron chi connectivity index (χ4n) is 2.55. The zero-order valence-corrected chi connectivity index (χ0v) is 15.1. The second-order valence-corrected chi connectivity index (χ2v) is 6.14. The monoisotopic (exact) mass is 418 g/mol. The first-order chi connectivity index (χ1) is 14.1. The summed E-state index contributed by atoms with van der Waals surface area (Å²) in [6, 6.07) is 11.9. The van der Waals surface area contributed by atoms with Crippen molar-refractivity contribution in [3.05, 3.63) is 86.7 Å². The molecule has 0 saturated heterocycles. The molecule has 0 aliphatic heterocycles. The second-order valence-electron chi connectivity index (χ2n) is 6.14. The number of nitrogens with zero attached hydrogens (tertiary/aromatic N) is 3. The van der Waals surface area contributed by atoms with E-state index in [1.807, 2.05) is 0 Å². The zero-order valence-electron chi connectivity index (χ0n) is 15.1. The Kier molecular flexibility index (Phi) is 5.63. The van der Waals surface area contributed by atoms with Crippen LogP contribution in [-0.2, 0) is 17.5 Å². The SMILES string of the molecule is O=C(Cn1nc(-c2ccc([N+](=O)[O-])cc2)ccc1=O)Nc1ccc(C(F)(F)F)cc1. The molecular formula is C19H13F3N4O4. The predicted molar refractivity (Wildman–Crippen MR) is 101 cm³/mol. The minimum atomic E-state index is -4.49. The highest BCUT2D eigenvalue weighted by molar-refractivity contribution is 5.90. The summed E-state index contributed by atoms with van der Waals surface area (Å²) >= 11 is 0. The smallest absolute Gasteiger partial charge is 0.324 e. The van der Waals surface area contributed by atoms with E-state index in [-0.39, 0.29) is 11.4 Å². The molecule has 0 atom stereocenters. The van der Waals surface area contributed by atoms with Crippen molar-refractivity contribution in [3.8, 4) is 11.3 Å². The van der Waals surface area contributed by atoms with Crippen LogP contribution in [0.25, 0.3) is 11.3 Å². The minimum Gasteiger partial charge on any atom is -0.324 e. The van der Waals surface area contributed by atoms with Gasteiger partial charge in [0.1, 0.15) is 6.54 Å². The van der Waals surface area contributed by atoms with E-state index in [1.54, 1.807) is 0 Å². The van der Waals surface area contributed by atoms with E-state index in [4.69, 9.17) is 0 Å². The summed E-state index contributed by atoms with van der Waals surface area (Å²) in [5.41, 5.74) is -0.586. The third-order valence-corrected chi connectivity index (χ3v) is 4.03. The van der Waals surface area contributed by atoms with Crippen LogP contribution in [0, 0.1) is 10.1 Å². The molecule has 0 aliphatic carbocycles. The molecule has 3 aromatic rings. The van der Waals surface area contributed by atoms with E-state index in [0.717, 1.165) is 28.9 Å². The van der Waals surface area contributed by atoms with Crippen LogP contribution in [0.15, 0.2) is 65.5 Å². The fourth-order valence-corrected chi connectivity index (χ4v) is 2.55. The standard InChI is InChI=1S/C19H13F3N4O4/c20-19(21,22)13-3-5-14(6-4-13)23-17(27)11-25-18(28)10-9-16(24-25)12-1-7-15(8-2-12)26(29)30/h1-10H,11H2,(H,23,27). The lowest BCUT2D eigenvalue weighted by Crippen LogP contribution is -2.29. The Labute approximate surface area is 166 Å². The fraction of sp³-hybridized carbons (Fsp3) is 0.105. The largest absolute Gasteiger partial charge is 0.416 e. The van der Waals surface area contributed by atoms with Gasteiger partial charge in [0.2, 0.25) is 5.91 Å². The predicted octanol–water partition coefficient (Wildman–Crippen LogP) is 3.48. The van der Waals surface area contributed by atoms with Gasteiger partial charge in [-0.2, -0.15) is 18.3 Å². The number of nitro groups is 1. The van der Waals surface area contributed by atoms with Gasteiger partial charge in [0, 0.05) is 29.4 Å². The Balaban J connectivity index is 1.74. The Morgan fingerprint density at radius 2 is 1.67 bits per heavy atom. The molecule has 11 heteroatoms. The summed E-state index contributed by atoms with van der Waals surface area (Å²) in [7, 11) is 0. The third kappa shape index (κ3) is 4.87. The van der Waals surface area contributed by atoms with Crippen molar-refractivity contribution in [1.82, 2.24) is 9.78 Å². The molecule has 0 spiro atoms. The highest BCUT2D eigenvalue weighted by Crippen LogP contribution is 2.29. The van der Waals surface area contributed by atoms with Gasteiger partial charge in [0.05, 0.1) is 16.2 Å². The molecule has 1 amide bonds. The minimum absolute atomic E-state index is 0.108. The van der Waals surface area contributed by atoms with Gasteiger partial charge in [0.25, 0.3) is 11.2 Å². The molecule has 0 unspecified atom stereocenters. The molecule has 3 rings (SSSR count). The van der Waals surface area contributed by atoms with Gasteiger partial charge < -0.3 is 5.32 Å². The van der Waals surface area contributed by atoms with Crippen LogP contribution >= 0.6 is 0 Å². The maximum atomic E-state index is 12.6. The van der Waals surface area contributed by atoms with Gasteiger partial charge in [-0.05, 0) is 42.5 Å². The number of anilines is 1. The van der Waals surface area contributed by atoms with E-state index >= 15 is 0 Å². The van der Waals surface area contributed by atoms with Gasteiger partial charge in [-0.25, -0.2) is 4.68 Å². The average molecular weight is 418 g/mol. The number of halogens is 3. The third-order valence-electron chi connectivity index (χ3n) is 4.03. The molecule has 8 nitrogen and oxygen atoms in total. The summed E-state index contributed by atoms with van der Waals surface area (Å²) in [6.07, 6.45) is -4.49. The quantitative estimate of drug-likeness (QED) is 0.504. The van der Waals surface area contributed by atoms with Crippen LogP contribution in [0.4, 0.5) is 24.5 Å². The zero-order chi connectivity index (χ0) is 21.9. The van der Waals surface area contributed by atoms with Gasteiger partial charge >= 0.3 is 6.18 Å². The molecule has 1 heterocycles. The van der Waals surface area contributed by atoms with Gasteiger partial charge in [-0.3, -0.25) is 19.7 Å². The van der Waals surface area contributed by atoms with Crippen molar-refractivity contribution in [1.29, 1.82) is 0 Å². The first-order valence-electron chi connectivity index (χ1n) is 8.43. The number of carbonyl (C=O) groups is 1. The van der Waals surface area contributed by atoms with E-state index < -0.39 is 34.7 Å². The number of hydrogen-bond donors (Lipinski definition) is 1. The second kappa shape index (κ2) is 8.15. The number of non-ortho nitro benzene ring substituents is 1. The number of rotatable bonds is 5. The Hall–Kier alpha value is -4.02. The molecule has 0 fully saturated rings. The number of nitrogens with one attached hydrogen (secondary N) is 1. The summed E-state index contributed by atoms with van der Waals surface area (Å²) in [4.78, 5) is 34.3. The highest BCUT2D eigenvalue weighted by atomic mass is 19.4. The summed E-state index contributed by atoms with van der Waals surface area (Å²) < 4.78 is 38.6. The molecule has 0 bridgehead atoms. The van der Waals surface area contributed by atoms with Crippen molar-refractivity contribution >= 4 is 17.3 Å². The highest BCUT2D eigenvalue weighted by Gasteiger charge is 2.30. The molecule has 0 aliphatic rings. The van der Waals surface area contributed by atoms with Crippen LogP contribution in [0.2, 0.25) is 0 Å². The lowest BCUT2D eigenvalue weighted by Gasteiger charge is -2.10. The van der Waals surface area contributed by atoms with Crippen LogP contribution < -0.4 is 10.9 Å². The molecular weight excluding hydrogens is 405 g/mol. The van der Waals surface area contributed by atoms with Crippen molar-refractivity contribution in [2.75, 3.05) is 5.32 Å². The lowest BCUT2D eigenvalue weighted by atomic mass is 10.1.